The summed E-state index contributed by atoms with van der Waals surface area (Å²) in [5.41, 5.74) is 0.420. The van der Waals surface area contributed by atoms with Crippen LogP contribution in [0.3, 0.4) is 0 Å². The smallest absolute Gasteiger partial charge is 0.299 e. The first-order valence-corrected chi connectivity index (χ1v) is 8.01. The van der Waals surface area contributed by atoms with E-state index in [1.165, 1.54) is 29.5 Å². The lowest BCUT2D eigenvalue weighted by Crippen LogP contribution is -2.53. The van der Waals surface area contributed by atoms with Gasteiger partial charge in [-0.1, -0.05) is 31.0 Å². The highest BCUT2D eigenvalue weighted by Crippen LogP contribution is 2.33. The van der Waals surface area contributed by atoms with E-state index in [4.69, 9.17) is 18.9 Å². The molecule has 1 aliphatic heterocycles. The van der Waals surface area contributed by atoms with E-state index < -0.39 is 29.5 Å². The Morgan fingerprint density at radius 3 is 2.56 bits per heavy atom. The Balaban J connectivity index is 2.04. The van der Waals surface area contributed by atoms with Crippen molar-refractivity contribution in [3.05, 3.63) is 66.8 Å². The number of nitro benzene ring substituents is 1. The topological polar surface area (TPSA) is 111 Å². The first kappa shape index (κ1) is 18.4. The minimum Gasteiger partial charge on any atom is -0.492 e. The number of hydrogen-bond donors (Lipinski definition) is 0. The van der Waals surface area contributed by atoms with E-state index in [2.05, 4.69) is 30.0 Å². The molecule has 2 aromatic rings. The van der Waals surface area contributed by atoms with Gasteiger partial charge in [0, 0.05) is 6.07 Å². The standard InChI is InChI=1S/C17H18N4O6/c1-4-24-13-10-27-17(16(26-6-3)15(13)25-5-2)20-11-8-7-9-12(21(22)23)14(11)18-19-20/h4-9,13,15-17H,1-3,10H2/t13-,15-,16+,17?/m0/s1. The highest BCUT2D eigenvalue weighted by Gasteiger charge is 2.46. The number of nitro groups is 1. The quantitative estimate of drug-likeness (QED) is 0.394. The second kappa shape index (κ2) is 7.87. The summed E-state index contributed by atoms with van der Waals surface area (Å²) >= 11 is 0. The molecule has 0 aliphatic carbocycles. The molecule has 1 unspecified atom stereocenters. The van der Waals surface area contributed by atoms with E-state index in [1.54, 1.807) is 12.1 Å². The molecule has 0 amide bonds. The maximum absolute atomic E-state index is 11.2. The molecule has 1 aromatic heterocycles. The Labute approximate surface area is 154 Å². The molecule has 0 N–H and O–H groups in total. The summed E-state index contributed by atoms with van der Waals surface area (Å²) in [7, 11) is 0. The molecule has 1 aromatic carbocycles. The summed E-state index contributed by atoms with van der Waals surface area (Å²) in [6.45, 7) is 10.8. The highest BCUT2D eigenvalue weighted by atomic mass is 16.6. The van der Waals surface area contributed by atoms with Crippen molar-refractivity contribution in [1.29, 1.82) is 0 Å². The van der Waals surface area contributed by atoms with E-state index in [-0.39, 0.29) is 17.8 Å². The van der Waals surface area contributed by atoms with Gasteiger partial charge in [0.25, 0.3) is 5.69 Å². The van der Waals surface area contributed by atoms with Crippen LogP contribution in [-0.4, -0.2) is 44.8 Å². The van der Waals surface area contributed by atoms with Gasteiger partial charge in [0.2, 0.25) is 0 Å². The number of rotatable bonds is 8. The Hall–Kier alpha value is -3.40. The van der Waals surface area contributed by atoms with Gasteiger partial charge in [-0.15, -0.1) is 5.10 Å². The van der Waals surface area contributed by atoms with Crippen molar-refractivity contribution in [3.63, 3.8) is 0 Å². The van der Waals surface area contributed by atoms with E-state index in [0.29, 0.717) is 5.52 Å². The Bertz CT molecular complexity index is 866. The Morgan fingerprint density at radius 1 is 1.19 bits per heavy atom. The molecule has 10 nitrogen and oxygen atoms in total. The van der Waals surface area contributed by atoms with Crippen LogP contribution in [0.5, 0.6) is 0 Å². The Kier molecular flexibility index (Phi) is 5.36. The zero-order valence-corrected chi connectivity index (χ0v) is 14.3. The van der Waals surface area contributed by atoms with Gasteiger partial charge in [-0.25, -0.2) is 4.68 Å². The predicted octanol–water partition coefficient (Wildman–Crippen LogP) is 2.45. The van der Waals surface area contributed by atoms with Gasteiger partial charge in [0.1, 0.15) is 0 Å². The summed E-state index contributed by atoms with van der Waals surface area (Å²) < 4.78 is 23.9. The molecule has 1 fully saturated rings. The van der Waals surface area contributed by atoms with Crippen LogP contribution in [-0.2, 0) is 18.9 Å². The molecule has 1 aliphatic rings. The molecule has 0 bridgehead atoms. The van der Waals surface area contributed by atoms with Crippen LogP contribution in [0.25, 0.3) is 11.0 Å². The average Bonchev–Trinajstić information content (AvgIpc) is 3.08. The van der Waals surface area contributed by atoms with Crippen molar-refractivity contribution < 1.29 is 23.9 Å². The summed E-state index contributed by atoms with van der Waals surface area (Å²) in [6.07, 6.45) is 1.16. The van der Waals surface area contributed by atoms with E-state index in [0.717, 1.165) is 0 Å². The molecule has 0 spiro atoms. The number of ether oxygens (including phenoxy) is 4. The molecule has 27 heavy (non-hydrogen) atoms. The third-order valence-electron chi connectivity index (χ3n) is 4.10. The molecule has 4 atom stereocenters. The lowest BCUT2D eigenvalue weighted by Gasteiger charge is -2.40. The van der Waals surface area contributed by atoms with Crippen LogP contribution in [0.2, 0.25) is 0 Å². The maximum atomic E-state index is 11.2. The van der Waals surface area contributed by atoms with Gasteiger partial charge < -0.3 is 18.9 Å². The highest BCUT2D eigenvalue weighted by molar-refractivity contribution is 5.83. The number of aromatic nitrogens is 3. The van der Waals surface area contributed by atoms with E-state index >= 15 is 0 Å². The number of fused-ring (bicyclic) bond motifs is 1. The number of nitrogens with zero attached hydrogens (tertiary/aromatic N) is 4. The lowest BCUT2D eigenvalue weighted by atomic mass is 10.0. The van der Waals surface area contributed by atoms with Crippen molar-refractivity contribution in [3.8, 4) is 0 Å². The monoisotopic (exact) mass is 374 g/mol. The third-order valence-corrected chi connectivity index (χ3v) is 4.10. The van der Waals surface area contributed by atoms with Crippen LogP contribution in [0, 0.1) is 10.1 Å². The minimum atomic E-state index is -0.787. The zero-order valence-electron chi connectivity index (χ0n) is 14.3. The number of non-ortho nitro benzene ring substituents is 1. The van der Waals surface area contributed by atoms with E-state index in [1.807, 2.05) is 0 Å². The maximum Gasteiger partial charge on any atom is 0.299 e. The van der Waals surface area contributed by atoms with Crippen molar-refractivity contribution in [2.75, 3.05) is 6.61 Å². The summed E-state index contributed by atoms with van der Waals surface area (Å²) in [6, 6.07) is 4.57. The van der Waals surface area contributed by atoms with Crippen LogP contribution in [0.15, 0.2) is 56.7 Å². The molecular weight excluding hydrogens is 356 g/mol. The van der Waals surface area contributed by atoms with Gasteiger partial charge >= 0.3 is 0 Å². The molecule has 142 valence electrons. The average molecular weight is 374 g/mol. The summed E-state index contributed by atoms with van der Waals surface area (Å²) in [5.74, 6) is 0. The fourth-order valence-corrected chi connectivity index (χ4v) is 3.02. The van der Waals surface area contributed by atoms with Crippen molar-refractivity contribution in [2.24, 2.45) is 0 Å². The van der Waals surface area contributed by atoms with Gasteiger partial charge in [-0.2, -0.15) is 0 Å². The van der Waals surface area contributed by atoms with Gasteiger partial charge in [-0.3, -0.25) is 10.1 Å². The third kappa shape index (κ3) is 3.34. The van der Waals surface area contributed by atoms with Crippen molar-refractivity contribution in [2.45, 2.75) is 24.5 Å². The fourth-order valence-electron chi connectivity index (χ4n) is 3.02. The second-order valence-corrected chi connectivity index (χ2v) is 5.54. The fraction of sp³-hybridized carbons (Fsp3) is 0.294. The molecule has 1 saturated heterocycles. The van der Waals surface area contributed by atoms with Gasteiger partial charge in [0.05, 0.1) is 35.8 Å². The molecule has 0 radical (unpaired) electrons. The first-order valence-electron chi connectivity index (χ1n) is 8.01. The van der Waals surface area contributed by atoms with Crippen LogP contribution >= 0.6 is 0 Å². The normalized spacial score (nSPS) is 24.7. The summed E-state index contributed by atoms with van der Waals surface area (Å²) in [4.78, 5) is 10.7. The molecule has 10 heteroatoms. The number of benzene rings is 1. The van der Waals surface area contributed by atoms with Crippen molar-refractivity contribution >= 4 is 16.7 Å². The first-order chi connectivity index (χ1) is 13.1. The number of hydrogen-bond acceptors (Lipinski definition) is 8. The summed E-state index contributed by atoms with van der Waals surface area (Å²) in [5, 5.41) is 19.2. The van der Waals surface area contributed by atoms with E-state index in [9.17, 15) is 10.1 Å². The predicted molar refractivity (Wildman–Crippen MR) is 94.4 cm³/mol. The van der Waals surface area contributed by atoms with Crippen LogP contribution < -0.4 is 0 Å². The van der Waals surface area contributed by atoms with Crippen molar-refractivity contribution in [1.82, 2.24) is 15.0 Å². The van der Waals surface area contributed by atoms with Gasteiger partial charge in [-0.05, 0) is 6.07 Å². The zero-order chi connectivity index (χ0) is 19.4. The van der Waals surface area contributed by atoms with Gasteiger partial charge in [0.15, 0.2) is 30.1 Å². The lowest BCUT2D eigenvalue weighted by molar-refractivity contribution is -0.383. The molecule has 0 saturated carbocycles. The molecule has 3 rings (SSSR count). The molecule has 2 heterocycles. The van der Waals surface area contributed by atoms with Crippen LogP contribution in [0.4, 0.5) is 5.69 Å². The molecular formula is C17H18N4O6. The SMILES string of the molecule is C=CO[C@H]1[C@@H](OC=C)COC(n2nnc3c([N+](=O)[O-])cccc32)[C@@H]1OC=C. The second-order valence-electron chi connectivity index (χ2n) is 5.54. The Morgan fingerprint density at radius 2 is 1.89 bits per heavy atom. The minimum absolute atomic E-state index is 0.141. The van der Waals surface area contributed by atoms with Crippen LogP contribution in [0.1, 0.15) is 6.23 Å². The largest absolute Gasteiger partial charge is 0.492 e.